The fourth-order valence-corrected chi connectivity index (χ4v) is 0.158. The summed E-state index contributed by atoms with van der Waals surface area (Å²) in [6.07, 6.45) is 0. The number of hydrogen-bond donors (Lipinski definition) is 1. The first-order valence-electron chi connectivity index (χ1n) is 1.61. The molecule has 0 aliphatic carbocycles. The predicted octanol–water partition coefficient (Wildman–Crippen LogP) is 0.642. The van der Waals surface area contributed by atoms with Crippen molar-refractivity contribution in [1.29, 1.82) is 0 Å². The summed E-state index contributed by atoms with van der Waals surface area (Å²) in [6, 6.07) is 0. The number of rotatable bonds is 0. The zero-order chi connectivity index (χ0) is 4.99. The fourth-order valence-electron chi connectivity index (χ4n) is 0.0527. The van der Waals surface area contributed by atoms with E-state index in [9.17, 15) is 0 Å². The zero-order valence-electron chi connectivity index (χ0n) is 3.93. The third kappa shape index (κ3) is 2.23. The van der Waals surface area contributed by atoms with Gasteiger partial charge in [-0.2, -0.15) is 0 Å². The second kappa shape index (κ2) is 3.18. The van der Waals surface area contributed by atoms with Crippen molar-refractivity contribution >= 4 is 17.0 Å². The Morgan fingerprint density at radius 3 is 2.33 bits per heavy atom. The Hall–Kier alpha value is -0.0200. The van der Waals surface area contributed by atoms with Crippen molar-refractivity contribution in [2.45, 2.75) is 6.92 Å². The Balaban J connectivity index is 3.22. The molecular weight excluding hydrogens is 96.1 g/mol. The topological polar surface area (TPSA) is 38.4 Å². The summed E-state index contributed by atoms with van der Waals surface area (Å²) in [7, 11) is 1.72. The first-order chi connectivity index (χ1) is 2.81. The normalized spacial score (nSPS) is 12.2. The standard InChI is InChI=1S/C3H8N2S/c1-3(5-2)6-4/h4H2,1-2H3/b5-3-. The molecule has 0 atom stereocenters. The summed E-state index contributed by atoms with van der Waals surface area (Å²) in [5.41, 5.74) is 0. The van der Waals surface area contributed by atoms with E-state index in [1.807, 2.05) is 6.92 Å². The summed E-state index contributed by atoms with van der Waals surface area (Å²) in [4.78, 5) is 3.76. The van der Waals surface area contributed by atoms with Gasteiger partial charge >= 0.3 is 0 Å². The third-order valence-corrected chi connectivity index (χ3v) is 1.01. The molecule has 2 nitrogen and oxygen atoms in total. The van der Waals surface area contributed by atoms with E-state index >= 15 is 0 Å². The highest BCUT2D eigenvalue weighted by Gasteiger charge is 1.76. The van der Waals surface area contributed by atoms with E-state index in [1.54, 1.807) is 7.05 Å². The second-order valence-corrected chi connectivity index (χ2v) is 1.69. The lowest BCUT2D eigenvalue weighted by atomic mass is 10.9. The van der Waals surface area contributed by atoms with Crippen LogP contribution in [-0.4, -0.2) is 12.1 Å². The average molecular weight is 104 g/mol. The van der Waals surface area contributed by atoms with E-state index in [0.717, 1.165) is 5.04 Å². The van der Waals surface area contributed by atoms with Crippen molar-refractivity contribution in [2.24, 2.45) is 10.1 Å². The molecule has 0 unspecified atom stereocenters. The smallest absolute Gasteiger partial charge is 0.0790 e. The minimum atomic E-state index is 0.912. The molecule has 0 amide bonds. The van der Waals surface area contributed by atoms with E-state index in [0.29, 0.717) is 0 Å². The third-order valence-electron chi connectivity index (χ3n) is 0.485. The summed E-state index contributed by atoms with van der Waals surface area (Å²) in [6.45, 7) is 1.87. The molecule has 0 aromatic carbocycles. The summed E-state index contributed by atoms with van der Waals surface area (Å²) >= 11 is 1.17. The molecular formula is C3H8N2S. The molecule has 0 bridgehead atoms. The van der Waals surface area contributed by atoms with Gasteiger partial charge in [-0.1, -0.05) is 0 Å². The summed E-state index contributed by atoms with van der Waals surface area (Å²) < 4.78 is 0. The van der Waals surface area contributed by atoms with Gasteiger partial charge in [0.05, 0.1) is 5.04 Å². The molecule has 2 N–H and O–H groups in total. The quantitative estimate of drug-likeness (QED) is 0.278. The van der Waals surface area contributed by atoms with Gasteiger partial charge in [-0.05, 0) is 18.9 Å². The van der Waals surface area contributed by atoms with Gasteiger partial charge < -0.3 is 0 Å². The van der Waals surface area contributed by atoms with Crippen molar-refractivity contribution in [3.05, 3.63) is 0 Å². The van der Waals surface area contributed by atoms with Crippen LogP contribution >= 0.6 is 11.9 Å². The molecule has 0 fully saturated rings. The van der Waals surface area contributed by atoms with E-state index in [-0.39, 0.29) is 0 Å². The van der Waals surface area contributed by atoms with Gasteiger partial charge in [0, 0.05) is 7.05 Å². The molecule has 0 aliphatic rings. The summed E-state index contributed by atoms with van der Waals surface area (Å²) in [5, 5.41) is 5.98. The molecule has 3 heteroatoms. The molecule has 6 heavy (non-hydrogen) atoms. The molecule has 0 aromatic heterocycles. The maximum atomic E-state index is 5.07. The van der Waals surface area contributed by atoms with Crippen molar-refractivity contribution in [1.82, 2.24) is 0 Å². The Morgan fingerprint density at radius 2 is 2.33 bits per heavy atom. The molecule has 36 valence electrons. The molecule has 0 saturated heterocycles. The molecule has 0 heterocycles. The second-order valence-electron chi connectivity index (χ2n) is 0.860. The molecule has 0 radical (unpaired) electrons. The Bertz CT molecular complexity index is 59.8. The van der Waals surface area contributed by atoms with Crippen LogP contribution in [0.15, 0.2) is 4.99 Å². The van der Waals surface area contributed by atoms with Gasteiger partial charge in [0.2, 0.25) is 0 Å². The highest BCUT2D eigenvalue weighted by atomic mass is 32.2. The van der Waals surface area contributed by atoms with Crippen LogP contribution in [0.4, 0.5) is 0 Å². The van der Waals surface area contributed by atoms with Gasteiger partial charge in [-0.3, -0.25) is 10.1 Å². The Labute approximate surface area is 42.0 Å². The summed E-state index contributed by atoms with van der Waals surface area (Å²) in [5.74, 6) is 0. The van der Waals surface area contributed by atoms with Gasteiger partial charge in [-0.25, -0.2) is 0 Å². The lowest BCUT2D eigenvalue weighted by Crippen LogP contribution is -1.87. The highest BCUT2D eigenvalue weighted by molar-refractivity contribution is 8.11. The maximum absolute atomic E-state index is 5.07. The maximum Gasteiger partial charge on any atom is 0.0790 e. The average Bonchev–Trinajstić information content (AvgIpc) is 1.65. The number of aliphatic imine (C=N–C) groups is 1. The Kier molecular flexibility index (Phi) is 3.17. The first kappa shape index (κ1) is 5.98. The Morgan fingerprint density at radius 1 is 1.83 bits per heavy atom. The van der Waals surface area contributed by atoms with Gasteiger partial charge in [0.25, 0.3) is 0 Å². The van der Waals surface area contributed by atoms with Crippen LogP contribution in [0.2, 0.25) is 0 Å². The fraction of sp³-hybridized carbons (Fsp3) is 0.667. The number of nitrogens with two attached hydrogens (primary N) is 1. The largest absolute Gasteiger partial charge is 0.285 e. The number of hydrogen-bond acceptors (Lipinski definition) is 3. The van der Waals surface area contributed by atoms with E-state index in [2.05, 4.69) is 4.99 Å². The van der Waals surface area contributed by atoms with Crippen molar-refractivity contribution < 1.29 is 0 Å². The van der Waals surface area contributed by atoms with Crippen LogP contribution in [0.3, 0.4) is 0 Å². The molecule has 0 saturated carbocycles. The first-order valence-corrected chi connectivity index (χ1v) is 2.49. The minimum absolute atomic E-state index is 0.912. The van der Waals surface area contributed by atoms with Crippen LogP contribution in [-0.2, 0) is 0 Å². The minimum Gasteiger partial charge on any atom is -0.285 e. The lowest BCUT2D eigenvalue weighted by molar-refractivity contribution is 1.45. The van der Waals surface area contributed by atoms with Crippen LogP contribution in [0, 0.1) is 0 Å². The molecule has 0 aliphatic heterocycles. The van der Waals surface area contributed by atoms with Crippen molar-refractivity contribution in [3.8, 4) is 0 Å². The monoisotopic (exact) mass is 104 g/mol. The van der Waals surface area contributed by atoms with Crippen LogP contribution in [0.1, 0.15) is 6.92 Å². The van der Waals surface area contributed by atoms with Crippen molar-refractivity contribution in [2.75, 3.05) is 7.05 Å². The van der Waals surface area contributed by atoms with Crippen molar-refractivity contribution in [3.63, 3.8) is 0 Å². The molecule has 0 spiro atoms. The molecule has 0 rings (SSSR count). The van der Waals surface area contributed by atoms with Gasteiger partial charge in [0.1, 0.15) is 0 Å². The lowest BCUT2D eigenvalue weighted by Gasteiger charge is -1.83. The SMILES string of the molecule is C/N=C(/C)SN. The highest BCUT2D eigenvalue weighted by Crippen LogP contribution is 1.87. The zero-order valence-corrected chi connectivity index (χ0v) is 4.75. The van der Waals surface area contributed by atoms with Crippen LogP contribution < -0.4 is 5.14 Å². The van der Waals surface area contributed by atoms with E-state index in [4.69, 9.17) is 5.14 Å². The van der Waals surface area contributed by atoms with E-state index in [1.165, 1.54) is 11.9 Å². The van der Waals surface area contributed by atoms with E-state index < -0.39 is 0 Å². The van der Waals surface area contributed by atoms with Crippen LogP contribution in [0.25, 0.3) is 0 Å². The van der Waals surface area contributed by atoms with Gasteiger partial charge in [0.15, 0.2) is 0 Å². The van der Waals surface area contributed by atoms with Gasteiger partial charge in [-0.15, -0.1) is 0 Å². The predicted molar refractivity (Wildman–Crippen MR) is 30.8 cm³/mol. The number of nitrogens with zero attached hydrogens (tertiary/aromatic N) is 1. The van der Waals surface area contributed by atoms with Crippen LogP contribution in [0.5, 0.6) is 0 Å². The molecule has 0 aromatic rings.